The van der Waals surface area contributed by atoms with Gasteiger partial charge in [-0.25, -0.2) is 4.39 Å². The molecular weight excluding hydrogens is 333 g/mol. The minimum absolute atomic E-state index is 0.361. The molecule has 1 atom stereocenters. The molecule has 0 bridgehead atoms. The molecule has 0 fully saturated rings. The molecule has 21 heavy (non-hydrogen) atoms. The zero-order chi connectivity index (χ0) is 15.7. The molecule has 4 heteroatoms. The predicted molar refractivity (Wildman–Crippen MR) is 87.3 cm³/mol. The van der Waals surface area contributed by atoms with Crippen LogP contribution in [0.3, 0.4) is 0 Å². The molecule has 1 unspecified atom stereocenters. The number of ether oxygens (including phenoxy) is 1. The monoisotopic (exact) mass is 351 g/mol. The maximum absolute atomic E-state index is 13.7. The maximum Gasteiger partial charge on any atom is 0.141 e. The van der Waals surface area contributed by atoms with Crippen LogP contribution in [0.4, 0.5) is 4.39 Å². The van der Waals surface area contributed by atoms with Crippen molar-refractivity contribution < 1.29 is 9.13 Å². The summed E-state index contributed by atoms with van der Waals surface area (Å²) in [6, 6.07) is 6.90. The fourth-order valence-corrected chi connectivity index (χ4v) is 3.16. The lowest BCUT2D eigenvalue weighted by Crippen LogP contribution is -2.16. The van der Waals surface area contributed by atoms with Gasteiger partial charge >= 0.3 is 0 Å². The first kappa shape index (κ1) is 16.0. The Labute approximate surface area is 133 Å². The number of methoxy groups -OCH3 is 1. The van der Waals surface area contributed by atoms with Gasteiger partial charge in [0.05, 0.1) is 17.6 Å². The highest BCUT2D eigenvalue weighted by Crippen LogP contribution is 2.35. The molecular formula is C17H19BrFNO. The molecule has 0 aliphatic rings. The first-order chi connectivity index (χ1) is 9.85. The van der Waals surface area contributed by atoms with Crippen LogP contribution in [0.25, 0.3) is 0 Å². The summed E-state index contributed by atoms with van der Waals surface area (Å²) in [5.74, 6) is 0.0997. The van der Waals surface area contributed by atoms with Crippen molar-refractivity contribution in [3.8, 4) is 5.75 Å². The lowest BCUT2D eigenvalue weighted by Gasteiger charge is -2.21. The Bertz CT molecular complexity index is 662. The van der Waals surface area contributed by atoms with Gasteiger partial charge in [-0.2, -0.15) is 0 Å². The fourth-order valence-electron chi connectivity index (χ4n) is 2.80. The molecule has 0 saturated heterocycles. The first-order valence-corrected chi connectivity index (χ1v) is 7.50. The lowest BCUT2D eigenvalue weighted by atomic mass is 9.90. The van der Waals surface area contributed by atoms with E-state index in [-0.39, 0.29) is 11.9 Å². The standard InChI is InChI=1S/C17H19BrFNO/c1-9-5-10(2)16(11(3)6-9)17(20)12-7-13(18)14(19)8-15(12)21-4/h5-8,17H,20H2,1-4H3. The number of benzene rings is 2. The summed E-state index contributed by atoms with van der Waals surface area (Å²) in [7, 11) is 1.52. The lowest BCUT2D eigenvalue weighted by molar-refractivity contribution is 0.404. The summed E-state index contributed by atoms with van der Waals surface area (Å²) < 4.78 is 19.3. The Hall–Kier alpha value is -1.39. The van der Waals surface area contributed by atoms with Crippen LogP contribution in [-0.4, -0.2) is 7.11 Å². The Kier molecular flexibility index (Phi) is 4.69. The summed E-state index contributed by atoms with van der Waals surface area (Å²) in [5.41, 5.74) is 11.7. The maximum atomic E-state index is 13.7. The van der Waals surface area contributed by atoms with Crippen molar-refractivity contribution in [2.24, 2.45) is 5.73 Å². The molecule has 0 heterocycles. The van der Waals surface area contributed by atoms with Gasteiger partial charge in [0.15, 0.2) is 0 Å². The molecule has 0 amide bonds. The smallest absolute Gasteiger partial charge is 0.141 e. The average Bonchev–Trinajstić information content (AvgIpc) is 2.39. The van der Waals surface area contributed by atoms with Crippen LogP contribution in [0.15, 0.2) is 28.7 Å². The van der Waals surface area contributed by atoms with E-state index in [4.69, 9.17) is 10.5 Å². The minimum atomic E-state index is -0.363. The summed E-state index contributed by atoms with van der Waals surface area (Å²) >= 11 is 3.21. The molecule has 2 N–H and O–H groups in total. The second-order valence-corrected chi connectivity index (χ2v) is 6.15. The van der Waals surface area contributed by atoms with Crippen molar-refractivity contribution in [3.63, 3.8) is 0 Å². The summed E-state index contributed by atoms with van der Waals surface area (Å²) in [4.78, 5) is 0. The average molecular weight is 352 g/mol. The Morgan fingerprint density at radius 1 is 1.10 bits per heavy atom. The third kappa shape index (κ3) is 3.11. The van der Waals surface area contributed by atoms with E-state index in [1.54, 1.807) is 6.07 Å². The fraction of sp³-hybridized carbons (Fsp3) is 0.294. The van der Waals surface area contributed by atoms with E-state index in [1.807, 2.05) is 13.8 Å². The topological polar surface area (TPSA) is 35.2 Å². The van der Waals surface area contributed by atoms with E-state index in [2.05, 4.69) is 35.0 Å². The van der Waals surface area contributed by atoms with Crippen molar-refractivity contribution in [1.82, 2.24) is 0 Å². The van der Waals surface area contributed by atoms with Crippen molar-refractivity contribution >= 4 is 15.9 Å². The number of halogens is 2. The van der Waals surface area contributed by atoms with Gasteiger partial charge < -0.3 is 10.5 Å². The Balaban J connectivity index is 2.60. The number of nitrogens with two attached hydrogens (primary N) is 1. The second kappa shape index (κ2) is 6.16. The summed E-state index contributed by atoms with van der Waals surface area (Å²) in [5, 5.41) is 0. The van der Waals surface area contributed by atoms with Crippen LogP contribution in [0.2, 0.25) is 0 Å². The zero-order valence-electron chi connectivity index (χ0n) is 12.6. The number of hydrogen-bond acceptors (Lipinski definition) is 2. The van der Waals surface area contributed by atoms with Crippen molar-refractivity contribution in [1.29, 1.82) is 0 Å². The molecule has 2 nitrogen and oxygen atoms in total. The van der Waals surface area contributed by atoms with Gasteiger partial charge in [0.2, 0.25) is 0 Å². The Morgan fingerprint density at radius 3 is 2.19 bits per heavy atom. The van der Waals surface area contributed by atoms with E-state index in [0.717, 1.165) is 22.3 Å². The molecule has 2 aromatic rings. The van der Waals surface area contributed by atoms with Gasteiger partial charge in [0.25, 0.3) is 0 Å². The van der Waals surface area contributed by atoms with Gasteiger partial charge in [-0.1, -0.05) is 17.7 Å². The second-order valence-electron chi connectivity index (χ2n) is 5.30. The molecule has 0 aromatic heterocycles. The van der Waals surface area contributed by atoms with E-state index >= 15 is 0 Å². The highest BCUT2D eigenvalue weighted by Gasteiger charge is 2.20. The van der Waals surface area contributed by atoms with E-state index in [9.17, 15) is 4.39 Å². The van der Waals surface area contributed by atoms with Gasteiger partial charge in [-0.05, 0) is 59.5 Å². The normalized spacial score (nSPS) is 12.3. The largest absolute Gasteiger partial charge is 0.496 e. The Morgan fingerprint density at radius 2 is 1.67 bits per heavy atom. The molecule has 0 radical (unpaired) electrons. The summed E-state index contributed by atoms with van der Waals surface area (Å²) in [6.07, 6.45) is 0. The van der Waals surface area contributed by atoms with Crippen LogP contribution in [0.1, 0.15) is 33.9 Å². The molecule has 0 spiro atoms. The van der Waals surface area contributed by atoms with Gasteiger partial charge in [-0.15, -0.1) is 0 Å². The minimum Gasteiger partial charge on any atom is -0.496 e. The highest BCUT2D eigenvalue weighted by atomic mass is 79.9. The van der Waals surface area contributed by atoms with Crippen LogP contribution in [0.5, 0.6) is 5.75 Å². The van der Waals surface area contributed by atoms with E-state index in [0.29, 0.717) is 10.2 Å². The summed E-state index contributed by atoms with van der Waals surface area (Å²) in [6.45, 7) is 6.14. The van der Waals surface area contributed by atoms with Gasteiger partial charge in [0.1, 0.15) is 11.6 Å². The molecule has 0 saturated carbocycles. The third-order valence-electron chi connectivity index (χ3n) is 3.66. The number of hydrogen-bond donors (Lipinski definition) is 1. The molecule has 2 aromatic carbocycles. The van der Waals surface area contributed by atoms with Crippen LogP contribution < -0.4 is 10.5 Å². The number of aryl methyl sites for hydroxylation is 3. The molecule has 0 aliphatic carbocycles. The zero-order valence-corrected chi connectivity index (χ0v) is 14.2. The highest BCUT2D eigenvalue weighted by molar-refractivity contribution is 9.10. The number of rotatable bonds is 3. The van der Waals surface area contributed by atoms with Crippen LogP contribution >= 0.6 is 15.9 Å². The first-order valence-electron chi connectivity index (χ1n) is 6.71. The third-order valence-corrected chi connectivity index (χ3v) is 4.26. The van der Waals surface area contributed by atoms with Gasteiger partial charge in [-0.3, -0.25) is 0 Å². The van der Waals surface area contributed by atoms with Crippen LogP contribution in [0, 0.1) is 26.6 Å². The van der Waals surface area contributed by atoms with Crippen molar-refractivity contribution in [3.05, 3.63) is 62.4 Å². The quantitative estimate of drug-likeness (QED) is 0.878. The van der Waals surface area contributed by atoms with Crippen molar-refractivity contribution in [2.45, 2.75) is 26.8 Å². The van der Waals surface area contributed by atoms with Gasteiger partial charge in [0, 0.05) is 11.6 Å². The van der Waals surface area contributed by atoms with E-state index < -0.39 is 0 Å². The molecule has 0 aliphatic heterocycles. The SMILES string of the molecule is COc1cc(F)c(Br)cc1C(N)c1c(C)cc(C)cc1C. The van der Waals surface area contributed by atoms with Crippen molar-refractivity contribution in [2.75, 3.05) is 7.11 Å². The molecule has 2 rings (SSSR count). The molecule has 112 valence electrons. The predicted octanol–water partition coefficient (Wildman–Crippen LogP) is 4.57. The van der Waals surface area contributed by atoms with Crippen LogP contribution in [-0.2, 0) is 0 Å². The van der Waals surface area contributed by atoms with E-state index in [1.165, 1.54) is 18.7 Å².